The Hall–Kier alpha value is -1.57. The molecule has 0 spiro atoms. The van der Waals surface area contributed by atoms with E-state index in [4.69, 9.17) is 4.52 Å². The summed E-state index contributed by atoms with van der Waals surface area (Å²) in [6.07, 6.45) is 0. The van der Waals surface area contributed by atoms with Crippen LogP contribution in [0.4, 0.5) is 5.69 Å². The highest BCUT2D eigenvalue weighted by Gasteiger charge is 2.31. The lowest BCUT2D eigenvalue weighted by Crippen LogP contribution is -2.14. The molecule has 0 unspecified atom stereocenters. The second kappa shape index (κ2) is 7.62. The molecule has 2 rings (SSSR count). The van der Waals surface area contributed by atoms with Crippen molar-refractivity contribution in [2.45, 2.75) is 19.6 Å². The van der Waals surface area contributed by atoms with E-state index in [2.05, 4.69) is 19.2 Å². The second-order valence-corrected chi connectivity index (χ2v) is 8.51. The summed E-state index contributed by atoms with van der Waals surface area (Å²) in [6, 6.07) is 19.7. The van der Waals surface area contributed by atoms with Crippen molar-refractivity contribution in [1.82, 2.24) is 0 Å². The van der Waals surface area contributed by atoms with Gasteiger partial charge in [0.2, 0.25) is 7.37 Å². The maximum Gasteiger partial charge on any atom is 0.226 e. The van der Waals surface area contributed by atoms with Crippen molar-refractivity contribution in [3.63, 3.8) is 0 Å². The average molecular weight is 317 g/mol. The molecule has 0 bridgehead atoms. The molecule has 118 valence electrons. The standard InChI is InChI=1S/C18H24NO2P/c1-15(2)14-21-22(3,20)18(16-10-6-4-7-11-16)19-17-12-8-5-9-13-17/h4-13,15,18-19H,14H2,1-3H3/t18-,22-/m0/s1. The van der Waals surface area contributed by atoms with Crippen molar-refractivity contribution in [3.05, 3.63) is 66.2 Å². The number of rotatable bonds is 7. The molecule has 0 saturated heterocycles. The quantitative estimate of drug-likeness (QED) is 0.697. The molecule has 0 radical (unpaired) electrons. The molecule has 0 aliphatic rings. The van der Waals surface area contributed by atoms with E-state index in [0.29, 0.717) is 12.5 Å². The highest BCUT2D eigenvalue weighted by Crippen LogP contribution is 2.57. The Morgan fingerprint density at radius 1 is 1.00 bits per heavy atom. The molecule has 1 N–H and O–H groups in total. The Morgan fingerprint density at radius 2 is 1.55 bits per heavy atom. The smallest absolute Gasteiger partial charge is 0.226 e. The molecule has 0 fully saturated rings. The number of nitrogens with one attached hydrogen (secondary N) is 1. The van der Waals surface area contributed by atoms with Crippen LogP contribution in [0.2, 0.25) is 0 Å². The summed E-state index contributed by atoms with van der Waals surface area (Å²) in [6.45, 7) is 6.32. The maximum absolute atomic E-state index is 13.1. The second-order valence-electron chi connectivity index (χ2n) is 5.92. The highest BCUT2D eigenvalue weighted by atomic mass is 31.2. The Balaban J connectivity index is 2.27. The van der Waals surface area contributed by atoms with Gasteiger partial charge in [0, 0.05) is 12.4 Å². The summed E-state index contributed by atoms with van der Waals surface area (Å²) < 4.78 is 18.9. The molecule has 22 heavy (non-hydrogen) atoms. The molecule has 0 aliphatic carbocycles. The maximum atomic E-state index is 13.1. The topological polar surface area (TPSA) is 38.3 Å². The highest BCUT2D eigenvalue weighted by molar-refractivity contribution is 7.58. The van der Waals surface area contributed by atoms with Crippen LogP contribution in [-0.4, -0.2) is 13.3 Å². The summed E-state index contributed by atoms with van der Waals surface area (Å²) in [5, 5.41) is 3.37. The Bertz CT molecular complexity index is 613. The lowest BCUT2D eigenvalue weighted by molar-refractivity contribution is 0.269. The van der Waals surface area contributed by atoms with Crippen LogP contribution in [-0.2, 0) is 9.09 Å². The zero-order chi connectivity index (χ0) is 16.0. The van der Waals surface area contributed by atoms with Gasteiger partial charge in [-0.05, 0) is 23.6 Å². The van der Waals surface area contributed by atoms with E-state index in [-0.39, 0.29) is 5.78 Å². The van der Waals surface area contributed by atoms with E-state index < -0.39 is 7.37 Å². The van der Waals surface area contributed by atoms with Crippen molar-refractivity contribution in [2.24, 2.45) is 5.92 Å². The van der Waals surface area contributed by atoms with Gasteiger partial charge in [-0.3, -0.25) is 4.57 Å². The van der Waals surface area contributed by atoms with Crippen LogP contribution in [0.15, 0.2) is 60.7 Å². The van der Waals surface area contributed by atoms with Crippen molar-refractivity contribution in [1.29, 1.82) is 0 Å². The van der Waals surface area contributed by atoms with Gasteiger partial charge < -0.3 is 9.84 Å². The van der Waals surface area contributed by atoms with Gasteiger partial charge in [-0.15, -0.1) is 0 Å². The fourth-order valence-electron chi connectivity index (χ4n) is 2.17. The third kappa shape index (κ3) is 4.72. The van der Waals surface area contributed by atoms with Gasteiger partial charge in [-0.2, -0.15) is 0 Å². The molecule has 2 aromatic carbocycles. The number of benzene rings is 2. The first-order valence-corrected chi connectivity index (χ1v) is 9.71. The van der Waals surface area contributed by atoms with Gasteiger partial charge in [0.1, 0.15) is 5.78 Å². The molecular formula is C18H24NO2P. The monoisotopic (exact) mass is 317 g/mol. The van der Waals surface area contributed by atoms with Crippen LogP contribution < -0.4 is 5.32 Å². The van der Waals surface area contributed by atoms with Crippen molar-refractivity contribution < 1.29 is 9.09 Å². The van der Waals surface area contributed by atoms with Crippen LogP contribution in [0.25, 0.3) is 0 Å². The van der Waals surface area contributed by atoms with E-state index in [1.165, 1.54) is 0 Å². The number of anilines is 1. The Kier molecular flexibility index (Phi) is 5.82. The molecular weight excluding hydrogens is 293 g/mol. The van der Waals surface area contributed by atoms with Crippen molar-refractivity contribution >= 4 is 13.1 Å². The van der Waals surface area contributed by atoms with E-state index in [9.17, 15) is 4.57 Å². The van der Waals surface area contributed by atoms with Gasteiger partial charge in [-0.25, -0.2) is 0 Å². The number of hydrogen-bond acceptors (Lipinski definition) is 3. The van der Waals surface area contributed by atoms with Gasteiger partial charge in [-0.1, -0.05) is 62.4 Å². The van der Waals surface area contributed by atoms with E-state index in [1.807, 2.05) is 60.7 Å². The molecule has 0 amide bonds. The molecule has 0 aromatic heterocycles. The van der Waals surface area contributed by atoms with Crippen molar-refractivity contribution in [2.75, 3.05) is 18.6 Å². The van der Waals surface area contributed by atoms with Gasteiger partial charge in [0.15, 0.2) is 0 Å². The van der Waals surface area contributed by atoms with E-state index >= 15 is 0 Å². The molecule has 2 atom stereocenters. The summed E-state index contributed by atoms with van der Waals surface area (Å²) >= 11 is 0. The normalized spacial score (nSPS) is 15.3. The lowest BCUT2D eigenvalue weighted by atomic mass is 10.2. The Morgan fingerprint density at radius 3 is 2.09 bits per heavy atom. The van der Waals surface area contributed by atoms with E-state index in [1.54, 1.807) is 6.66 Å². The number of hydrogen-bond donors (Lipinski definition) is 1. The summed E-state index contributed by atoms with van der Waals surface area (Å²) in [7, 11) is -2.86. The third-order valence-electron chi connectivity index (χ3n) is 3.33. The fourth-order valence-corrected chi connectivity index (χ4v) is 4.01. The minimum atomic E-state index is -2.86. The van der Waals surface area contributed by atoms with Crippen LogP contribution in [0, 0.1) is 5.92 Å². The molecule has 0 heterocycles. The summed E-state index contributed by atoms with van der Waals surface area (Å²) in [5.41, 5.74) is 1.91. The minimum Gasteiger partial charge on any atom is -0.370 e. The molecule has 4 heteroatoms. The fraction of sp³-hybridized carbons (Fsp3) is 0.333. The third-order valence-corrected chi connectivity index (χ3v) is 5.35. The summed E-state index contributed by atoms with van der Waals surface area (Å²) in [5.74, 6) is -0.00345. The molecule has 0 aliphatic heterocycles. The number of para-hydroxylation sites is 1. The molecule has 0 saturated carbocycles. The van der Waals surface area contributed by atoms with Gasteiger partial charge in [0.05, 0.1) is 6.61 Å². The van der Waals surface area contributed by atoms with Crippen LogP contribution in [0.3, 0.4) is 0 Å². The van der Waals surface area contributed by atoms with Gasteiger partial charge in [0.25, 0.3) is 0 Å². The van der Waals surface area contributed by atoms with Crippen LogP contribution >= 0.6 is 7.37 Å². The zero-order valence-electron chi connectivity index (χ0n) is 13.4. The molecule has 3 nitrogen and oxygen atoms in total. The first kappa shape index (κ1) is 16.8. The van der Waals surface area contributed by atoms with Gasteiger partial charge >= 0.3 is 0 Å². The van der Waals surface area contributed by atoms with Crippen LogP contribution in [0.1, 0.15) is 25.2 Å². The first-order chi connectivity index (χ1) is 10.5. The summed E-state index contributed by atoms with van der Waals surface area (Å²) in [4.78, 5) is 0. The zero-order valence-corrected chi connectivity index (χ0v) is 14.3. The lowest BCUT2D eigenvalue weighted by Gasteiger charge is -2.27. The van der Waals surface area contributed by atoms with E-state index in [0.717, 1.165) is 11.3 Å². The predicted octanol–water partition coefficient (Wildman–Crippen LogP) is 5.38. The van der Waals surface area contributed by atoms with Crippen LogP contribution in [0.5, 0.6) is 0 Å². The average Bonchev–Trinajstić information content (AvgIpc) is 2.52. The predicted molar refractivity (Wildman–Crippen MR) is 93.6 cm³/mol. The minimum absolute atomic E-state index is 0.349. The molecule has 2 aromatic rings. The van der Waals surface area contributed by atoms with Crippen molar-refractivity contribution in [3.8, 4) is 0 Å². The Labute approximate surface area is 133 Å². The largest absolute Gasteiger partial charge is 0.370 e. The SMILES string of the molecule is CC(C)CO[P@](C)(=O)[C@H](Nc1ccccc1)c1ccccc1. The first-order valence-electron chi connectivity index (χ1n) is 7.57.